The summed E-state index contributed by atoms with van der Waals surface area (Å²) in [6.45, 7) is 1.98. The lowest BCUT2D eigenvalue weighted by molar-refractivity contribution is -0.925. The van der Waals surface area contributed by atoms with Crippen molar-refractivity contribution in [3.05, 3.63) is 66.2 Å². The van der Waals surface area contributed by atoms with Crippen LogP contribution in [0.2, 0.25) is 0 Å². The molecule has 2 aromatic rings. The van der Waals surface area contributed by atoms with Gasteiger partial charge in [-0.2, -0.15) is 4.31 Å². The van der Waals surface area contributed by atoms with Crippen molar-refractivity contribution in [3.63, 3.8) is 0 Å². The number of hydrogen-bond donors (Lipinski definition) is 1. The van der Waals surface area contributed by atoms with Gasteiger partial charge in [-0.15, -0.1) is 0 Å². The number of amides is 1. The van der Waals surface area contributed by atoms with Gasteiger partial charge in [0.2, 0.25) is 10.0 Å². The Morgan fingerprint density at radius 3 is 2.00 bits per heavy atom. The molecule has 0 spiro atoms. The molecule has 0 bridgehead atoms. The highest BCUT2D eigenvalue weighted by atomic mass is 32.2. The summed E-state index contributed by atoms with van der Waals surface area (Å²) in [6, 6.07) is 17.9. The molecule has 0 radical (unpaired) electrons. The number of sulfonamides is 1. The van der Waals surface area contributed by atoms with Crippen LogP contribution in [-0.4, -0.2) is 63.8 Å². The number of nitrogens with zero attached hydrogens (tertiary/aromatic N) is 2. The molecular weight excluding hydrogens is 362 g/mol. The summed E-state index contributed by atoms with van der Waals surface area (Å²) < 4.78 is 27.2. The van der Waals surface area contributed by atoms with E-state index in [1.54, 1.807) is 49.3 Å². The van der Waals surface area contributed by atoms with Crippen LogP contribution in [0, 0.1) is 0 Å². The lowest BCUT2D eigenvalue weighted by atomic mass is 10.0. The molecule has 1 fully saturated rings. The summed E-state index contributed by atoms with van der Waals surface area (Å²) >= 11 is 0. The standard InChI is InChI=1S/C20H25N3O3S/c1-21(2)20(24)19(17-9-5-3-6-10-17)22-13-15-23(16-14-22)27(25,26)18-11-7-4-8-12-18/h3-12,19H,13-16H2,1-2H3/p+1/t19-/m1/s1. The molecule has 1 aliphatic rings. The highest BCUT2D eigenvalue weighted by Crippen LogP contribution is 2.16. The number of nitrogens with one attached hydrogen (secondary N) is 1. The summed E-state index contributed by atoms with van der Waals surface area (Å²) in [5.41, 5.74) is 0.963. The number of benzene rings is 2. The molecule has 144 valence electrons. The van der Waals surface area contributed by atoms with Crippen LogP contribution in [0.3, 0.4) is 0 Å². The number of quaternary nitrogens is 1. The van der Waals surface area contributed by atoms with Crippen molar-refractivity contribution in [2.45, 2.75) is 10.9 Å². The molecule has 1 amide bonds. The number of likely N-dealkylation sites (N-methyl/N-ethyl adjacent to an activating group) is 1. The number of hydrogen-bond acceptors (Lipinski definition) is 3. The fourth-order valence-electron chi connectivity index (χ4n) is 3.50. The first kappa shape index (κ1) is 19.5. The summed E-state index contributed by atoms with van der Waals surface area (Å²) in [7, 11) is 0.0278. The monoisotopic (exact) mass is 388 g/mol. The second kappa shape index (κ2) is 8.21. The van der Waals surface area contributed by atoms with Crippen LogP contribution in [0.5, 0.6) is 0 Å². The van der Waals surface area contributed by atoms with Crippen molar-refractivity contribution >= 4 is 15.9 Å². The van der Waals surface area contributed by atoms with Crippen molar-refractivity contribution in [1.29, 1.82) is 0 Å². The van der Waals surface area contributed by atoms with E-state index in [9.17, 15) is 13.2 Å². The Morgan fingerprint density at radius 2 is 1.48 bits per heavy atom. The van der Waals surface area contributed by atoms with Gasteiger partial charge in [0.1, 0.15) is 0 Å². The van der Waals surface area contributed by atoms with Crippen LogP contribution in [0.1, 0.15) is 11.6 Å². The van der Waals surface area contributed by atoms with Gasteiger partial charge in [0, 0.05) is 19.7 Å². The zero-order valence-corrected chi connectivity index (χ0v) is 16.5. The van der Waals surface area contributed by atoms with Crippen LogP contribution in [0.25, 0.3) is 0 Å². The van der Waals surface area contributed by atoms with Crippen LogP contribution in [0.4, 0.5) is 0 Å². The lowest BCUT2D eigenvalue weighted by Crippen LogP contribution is -3.16. The average Bonchev–Trinajstić information content (AvgIpc) is 2.70. The highest BCUT2D eigenvalue weighted by Gasteiger charge is 2.38. The molecule has 1 aliphatic heterocycles. The van der Waals surface area contributed by atoms with Gasteiger partial charge in [-0.1, -0.05) is 48.5 Å². The lowest BCUT2D eigenvalue weighted by Gasteiger charge is -2.36. The molecule has 27 heavy (non-hydrogen) atoms. The molecule has 0 aromatic heterocycles. The van der Waals surface area contributed by atoms with Crippen molar-refractivity contribution in [1.82, 2.24) is 9.21 Å². The molecule has 1 N–H and O–H groups in total. The predicted octanol–water partition coefficient (Wildman–Crippen LogP) is 0.405. The molecule has 1 atom stereocenters. The maximum Gasteiger partial charge on any atom is 0.285 e. The largest absolute Gasteiger partial charge is 0.343 e. The van der Waals surface area contributed by atoms with E-state index in [1.165, 1.54) is 4.31 Å². The summed E-state index contributed by atoms with van der Waals surface area (Å²) in [6.07, 6.45) is 0. The summed E-state index contributed by atoms with van der Waals surface area (Å²) in [4.78, 5) is 15.8. The molecule has 2 aromatic carbocycles. The molecule has 0 saturated carbocycles. The third-order valence-corrected chi connectivity index (χ3v) is 6.89. The van der Waals surface area contributed by atoms with E-state index < -0.39 is 10.0 Å². The molecule has 6 nitrogen and oxygen atoms in total. The average molecular weight is 389 g/mol. The van der Waals surface area contributed by atoms with Gasteiger partial charge in [-0.3, -0.25) is 4.79 Å². The third kappa shape index (κ3) is 4.21. The van der Waals surface area contributed by atoms with Crippen molar-refractivity contribution in [3.8, 4) is 0 Å². The normalized spacial score (nSPS) is 17.4. The minimum Gasteiger partial charge on any atom is -0.343 e. The first-order valence-electron chi connectivity index (χ1n) is 9.07. The second-order valence-electron chi connectivity index (χ2n) is 6.95. The molecule has 0 aliphatic carbocycles. The molecular formula is C20H26N3O3S+. The molecule has 1 saturated heterocycles. The Bertz CT molecular complexity index is 862. The Kier molecular flexibility index (Phi) is 5.94. The zero-order valence-electron chi connectivity index (χ0n) is 15.7. The van der Waals surface area contributed by atoms with Gasteiger partial charge >= 0.3 is 0 Å². The van der Waals surface area contributed by atoms with Crippen molar-refractivity contribution in [2.24, 2.45) is 0 Å². The number of carbonyl (C=O) groups excluding carboxylic acids is 1. The van der Waals surface area contributed by atoms with E-state index in [-0.39, 0.29) is 11.9 Å². The topological polar surface area (TPSA) is 62.1 Å². The smallest absolute Gasteiger partial charge is 0.285 e. The van der Waals surface area contributed by atoms with Crippen LogP contribution in [0.15, 0.2) is 65.6 Å². The van der Waals surface area contributed by atoms with E-state index in [0.717, 1.165) is 10.5 Å². The molecule has 1 heterocycles. The Labute approximate surface area is 161 Å². The quantitative estimate of drug-likeness (QED) is 0.807. The van der Waals surface area contributed by atoms with Gasteiger partial charge < -0.3 is 9.80 Å². The van der Waals surface area contributed by atoms with Gasteiger partial charge in [0.05, 0.1) is 31.1 Å². The zero-order chi connectivity index (χ0) is 19.4. The van der Waals surface area contributed by atoms with Gasteiger partial charge in [-0.25, -0.2) is 8.42 Å². The second-order valence-corrected chi connectivity index (χ2v) is 8.89. The van der Waals surface area contributed by atoms with E-state index in [0.29, 0.717) is 31.1 Å². The van der Waals surface area contributed by atoms with E-state index in [4.69, 9.17) is 0 Å². The fourth-order valence-corrected chi connectivity index (χ4v) is 4.96. The SMILES string of the molecule is CN(C)C(=O)[C@@H](c1ccccc1)[NH+]1CCN(S(=O)(=O)c2ccccc2)CC1. The fraction of sp³-hybridized carbons (Fsp3) is 0.350. The minimum absolute atomic E-state index is 0.0376. The molecule has 7 heteroatoms. The van der Waals surface area contributed by atoms with Gasteiger partial charge in [-0.05, 0) is 12.1 Å². The van der Waals surface area contributed by atoms with Gasteiger partial charge in [0.15, 0.2) is 6.04 Å². The van der Waals surface area contributed by atoms with E-state index >= 15 is 0 Å². The van der Waals surface area contributed by atoms with E-state index in [1.807, 2.05) is 30.3 Å². The van der Waals surface area contributed by atoms with Gasteiger partial charge in [0.25, 0.3) is 5.91 Å². The number of carbonyl (C=O) groups is 1. The third-order valence-electron chi connectivity index (χ3n) is 4.97. The Morgan fingerprint density at radius 1 is 0.963 bits per heavy atom. The van der Waals surface area contributed by atoms with Crippen molar-refractivity contribution in [2.75, 3.05) is 40.3 Å². The Hall–Kier alpha value is -2.22. The van der Waals surface area contributed by atoms with Crippen molar-refractivity contribution < 1.29 is 18.1 Å². The molecule has 3 rings (SSSR count). The van der Waals surface area contributed by atoms with Crippen LogP contribution >= 0.6 is 0 Å². The van der Waals surface area contributed by atoms with Crippen LogP contribution < -0.4 is 4.90 Å². The Balaban J connectivity index is 1.77. The summed E-state index contributed by atoms with van der Waals surface area (Å²) in [5, 5.41) is 0. The van der Waals surface area contributed by atoms with Crippen LogP contribution in [-0.2, 0) is 14.8 Å². The summed E-state index contributed by atoms with van der Waals surface area (Å²) in [5.74, 6) is 0.0376. The van der Waals surface area contributed by atoms with E-state index in [2.05, 4.69) is 0 Å². The minimum atomic E-state index is -3.49. The first-order chi connectivity index (χ1) is 12.9. The maximum atomic E-state index is 12.8. The molecule has 0 unspecified atom stereocenters. The first-order valence-corrected chi connectivity index (χ1v) is 10.5. The number of rotatable bonds is 5. The highest BCUT2D eigenvalue weighted by molar-refractivity contribution is 7.89. The predicted molar refractivity (Wildman–Crippen MR) is 104 cm³/mol. The number of piperazine rings is 1. The maximum absolute atomic E-state index is 12.8.